The van der Waals surface area contributed by atoms with Gasteiger partial charge in [-0.05, 0) is 36.2 Å². The summed E-state index contributed by atoms with van der Waals surface area (Å²) >= 11 is 0. The molecule has 0 bridgehead atoms. The molecular weight excluding hydrogens is 268 g/mol. The summed E-state index contributed by atoms with van der Waals surface area (Å²) in [6, 6.07) is 6.92. The second-order valence-corrected chi connectivity index (χ2v) is 6.47. The van der Waals surface area contributed by atoms with E-state index in [4.69, 9.17) is 0 Å². The normalized spacial score (nSPS) is 16.1. The summed E-state index contributed by atoms with van der Waals surface area (Å²) in [7, 11) is 6.55. The summed E-state index contributed by atoms with van der Waals surface area (Å²) < 4.78 is 0. The third-order valence-electron chi connectivity index (χ3n) is 3.93. The lowest BCUT2D eigenvalue weighted by Crippen LogP contribution is -2.32. The van der Waals surface area contributed by atoms with Gasteiger partial charge in [0.2, 0.25) is 0 Å². The van der Waals surface area contributed by atoms with Crippen LogP contribution in [0.15, 0.2) is 30.5 Å². The quantitative estimate of drug-likeness (QED) is 0.836. The van der Waals surface area contributed by atoms with Gasteiger partial charge in [-0.2, -0.15) is 0 Å². The molecule has 0 heterocycles. The Labute approximate surface area is 121 Å². The van der Waals surface area contributed by atoms with E-state index in [2.05, 4.69) is 55.1 Å². The highest BCUT2D eigenvalue weighted by Gasteiger charge is 2.15. The minimum Gasteiger partial charge on any atom is -0.382 e. The molecule has 1 aliphatic carbocycles. The molecule has 1 fully saturated rings. The monoisotopic (exact) mass is 291 g/mol. The van der Waals surface area contributed by atoms with Crippen molar-refractivity contribution < 1.29 is 0 Å². The van der Waals surface area contributed by atoms with Gasteiger partial charge in [-0.15, -0.1) is 18.1 Å². The summed E-state index contributed by atoms with van der Waals surface area (Å²) in [6.45, 7) is 6.34. The van der Waals surface area contributed by atoms with E-state index in [1.54, 1.807) is 0 Å². The molecule has 1 aromatic rings. The van der Waals surface area contributed by atoms with Crippen LogP contribution in [-0.2, 0) is 0 Å². The predicted octanol–water partition coefficient (Wildman–Crippen LogP) is 3.59. The Balaban J connectivity index is 2.06. The van der Waals surface area contributed by atoms with E-state index >= 15 is 0 Å². The highest BCUT2D eigenvalue weighted by atomic mass is 31.0. The van der Waals surface area contributed by atoms with Crippen LogP contribution in [0, 0.1) is 6.92 Å². The van der Waals surface area contributed by atoms with Crippen LogP contribution in [0.4, 0.5) is 0 Å². The summed E-state index contributed by atoms with van der Waals surface area (Å²) in [6.07, 6.45) is 6.58. The van der Waals surface area contributed by atoms with Crippen LogP contribution in [-0.4, -0.2) is 11.3 Å². The van der Waals surface area contributed by atoms with Gasteiger partial charge in [-0.1, -0.05) is 44.0 Å². The van der Waals surface area contributed by atoms with Crippen molar-refractivity contribution in [1.29, 1.82) is 0 Å². The number of hydrogen-bond acceptors (Lipinski definition) is 1. The van der Waals surface area contributed by atoms with Gasteiger partial charge in [0, 0.05) is 17.0 Å². The maximum atomic E-state index is 4.19. The molecule has 2 rings (SSSR count). The number of benzene rings is 1. The molecule has 0 spiro atoms. The largest absolute Gasteiger partial charge is 0.382 e. The van der Waals surface area contributed by atoms with Crippen LogP contribution in [0.2, 0.25) is 0 Å². The van der Waals surface area contributed by atoms with Crippen molar-refractivity contribution >= 4 is 28.7 Å². The summed E-state index contributed by atoms with van der Waals surface area (Å²) in [5.74, 6) is 0. The molecule has 1 aromatic carbocycles. The lowest BCUT2D eigenvalue weighted by Gasteiger charge is -2.26. The maximum Gasteiger partial charge on any atom is 0.0389 e. The molecule has 1 aliphatic rings. The van der Waals surface area contributed by atoms with Crippen molar-refractivity contribution in [2.75, 3.05) is 0 Å². The smallest absolute Gasteiger partial charge is 0.0389 e. The first-order chi connectivity index (χ1) is 9.09. The van der Waals surface area contributed by atoms with Crippen LogP contribution in [0.3, 0.4) is 0 Å². The van der Waals surface area contributed by atoms with Gasteiger partial charge in [0.15, 0.2) is 0 Å². The van der Waals surface area contributed by atoms with Crippen molar-refractivity contribution in [2.45, 2.75) is 45.1 Å². The second kappa shape index (κ2) is 6.69. The third kappa shape index (κ3) is 3.68. The number of nitrogens with one attached hydrogen (secondary N) is 1. The minimum absolute atomic E-state index is 0.590. The summed E-state index contributed by atoms with van der Waals surface area (Å²) in [5.41, 5.74) is 3.50. The molecule has 0 aliphatic heterocycles. The molecule has 19 heavy (non-hydrogen) atoms. The molecule has 0 saturated heterocycles. The second-order valence-electron chi connectivity index (χ2n) is 5.35. The molecule has 0 amide bonds. The molecule has 1 saturated carbocycles. The van der Waals surface area contributed by atoms with Crippen molar-refractivity contribution in [3.05, 3.63) is 41.6 Å². The molecule has 102 valence electrons. The third-order valence-corrected chi connectivity index (χ3v) is 5.13. The van der Waals surface area contributed by atoms with Gasteiger partial charge in [-0.3, -0.25) is 0 Å². The van der Waals surface area contributed by atoms with E-state index in [1.807, 2.05) is 0 Å². The van der Waals surface area contributed by atoms with E-state index in [1.165, 1.54) is 48.5 Å². The first kappa shape index (κ1) is 14.8. The molecule has 1 nitrogen and oxygen atoms in total. The average Bonchev–Trinajstić information content (AvgIpc) is 2.42. The van der Waals surface area contributed by atoms with E-state index in [-0.39, 0.29) is 0 Å². The fourth-order valence-electron chi connectivity index (χ4n) is 2.65. The van der Waals surface area contributed by atoms with Crippen LogP contribution >= 0.6 is 18.1 Å². The molecule has 0 radical (unpaired) electrons. The van der Waals surface area contributed by atoms with Crippen molar-refractivity contribution in [3.8, 4) is 0 Å². The predicted molar refractivity (Wildman–Crippen MR) is 92.1 cm³/mol. The topological polar surface area (TPSA) is 12.0 Å². The Morgan fingerprint density at radius 3 is 2.68 bits per heavy atom. The first-order valence-electron chi connectivity index (χ1n) is 6.99. The first-order valence-corrected chi connectivity index (χ1v) is 8.07. The lowest BCUT2D eigenvalue weighted by atomic mass is 9.95. The van der Waals surface area contributed by atoms with Gasteiger partial charge < -0.3 is 5.32 Å². The highest BCUT2D eigenvalue weighted by Crippen LogP contribution is 2.20. The van der Waals surface area contributed by atoms with E-state index < -0.39 is 0 Å². The molecule has 3 heteroatoms. The van der Waals surface area contributed by atoms with Crippen molar-refractivity contribution in [2.24, 2.45) is 0 Å². The maximum absolute atomic E-state index is 4.19. The summed E-state index contributed by atoms with van der Waals surface area (Å²) in [4.78, 5) is 0. The lowest BCUT2D eigenvalue weighted by molar-refractivity contribution is 0.401. The van der Waals surface area contributed by atoms with Gasteiger partial charge in [0.05, 0.1) is 0 Å². The van der Waals surface area contributed by atoms with Crippen molar-refractivity contribution in [3.63, 3.8) is 0 Å². The number of hydrogen-bond donors (Lipinski definition) is 1. The Hall–Kier alpha value is -0.640. The molecule has 1 N–H and O–H groups in total. The van der Waals surface area contributed by atoms with Crippen LogP contribution < -0.4 is 10.6 Å². The van der Waals surface area contributed by atoms with Gasteiger partial charge in [0.25, 0.3) is 0 Å². The van der Waals surface area contributed by atoms with Gasteiger partial charge in [0.1, 0.15) is 0 Å². The molecular formula is C16H23NP2. The Morgan fingerprint density at radius 1 is 1.32 bits per heavy atom. The van der Waals surface area contributed by atoms with Crippen LogP contribution in [0.5, 0.6) is 0 Å². The SMILES string of the molecule is C=C(NC1CCCCC1)C(=P)c1cccc(P)c1C. The molecule has 1 unspecified atom stereocenters. The Morgan fingerprint density at radius 2 is 2.00 bits per heavy atom. The van der Waals surface area contributed by atoms with Crippen molar-refractivity contribution in [1.82, 2.24) is 5.32 Å². The van der Waals surface area contributed by atoms with Gasteiger partial charge >= 0.3 is 0 Å². The minimum atomic E-state index is 0.590. The standard InChI is InChI=1S/C16H23NP2/c1-11-14(9-6-10-15(11)18)16(19)12(2)17-13-7-4-3-5-8-13/h6,9-10,13,17,19H,2-5,7-8,18H2,1H3. The Bertz CT molecular complexity index is 488. The number of allylic oxidation sites excluding steroid dienone is 1. The zero-order valence-electron chi connectivity index (χ0n) is 11.6. The van der Waals surface area contributed by atoms with Crippen LogP contribution in [0.25, 0.3) is 0 Å². The Kier molecular flexibility index (Phi) is 5.20. The van der Waals surface area contributed by atoms with E-state index in [9.17, 15) is 0 Å². The fourth-order valence-corrected chi connectivity index (χ4v) is 3.26. The zero-order chi connectivity index (χ0) is 13.8. The zero-order valence-corrected chi connectivity index (χ0v) is 13.8. The van der Waals surface area contributed by atoms with E-state index in [0.717, 1.165) is 11.0 Å². The fraction of sp³-hybridized carbons (Fsp3) is 0.438. The molecule has 1 atom stereocenters. The van der Waals surface area contributed by atoms with Gasteiger partial charge in [-0.25, -0.2) is 0 Å². The average molecular weight is 291 g/mol. The number of rotatable bonds is 4. The summed E-state index contributed by atoms with van der Waals surface area (Å²) in [5, 5.41) is 5.89. The van der Waals surface area contributed by atoms with Crippen LogP contribution in [0.1, 0.15) is 43.2 Å². The van der Waals surface area contributed by atoms with E-state index in [0.29, 0.717) is 6.04 Å². The molecule has 0 aromatic heterocycles. The highest BCUT2D eigenvalue weighted by molar-refractivity contribution is 7.27.